The molecule has 0 aromatic heterocycles. The highest BCUT2D eigenvalue weighted by Gasteiger charge is 2.30. The van der Waals surface area contributed by atoms with E-state index in [0.29, 0.717) is 5.75 Å². The fourth-order valence-electron chi connectivity index (χ4n) is 5.30. The van der Waals surface area contributed by atoms with Gasteiger partial charge >= 0.3 is 6.18 Å². The van der Waals surface area contributed by atoms with Crippen LogP contribution in [0.1, 0.15) is 76.7 Å². The van der Waals surface area contributed by atoms with Gasteiger partial charge in [-0.1, -0.05) is 51.2 Å². The Morgan fingerprint density at radius 3 is 1.86 bits per heavy atom. The first-order valence-corrected chi connectivity index (χ1v) is 11.2. The van der Waals surface area contributed by atoms with Crippen LogP contribution in [0.4, 0.5) is 13.2 Å². The molecule has 158 valence electrons. The van der Waals surface area contributed by atoms with Gasteiger partial charge in [0.15, 0.2) is 6.61 Å². The van der Waals surface area contributed by atoms with E-state index in [1.165, 1.54) is 69.8 Å². The van der Waals surface area contributed by atoms with E-state index in [2.05, 4.69) is 6.92 Å². The van der Waals surface area contributed by atoms with Gasteiger partial charge in [0, 0.05) is 0 Å². The Labute approximate surface area is 168 Å². The zero-order valence-electron chi connectivity index (χ0n) is 17.1. The lowest BCUT2D eigenvalue weighted by atomic mass is 9.68. The third-order valence-electron chi connectivity index (χ3n) is 7.19. The standard InChI is InChI=1S/C24H35F3O/c1-2-18-5-11-21(12-6-18)22-13-7-19(8-14-22)3-4-20-9-15-23(16-10-20)28-17-24(25,26)27/h9-10,15-16,18-19,21-22H,2-8,11-14,17H2,1H3. The number of hydrogen-bond acceptors (Lipinski definition) is 1. The van der Waals surface area contributed by atoms with Crippen molar-refractivity contribution >= 4 is 0 Å². The van der Waals surface area contributed by atoms with Gasteiger partial charge in [-0.3, -0.25) is 0 Å². The van der Waals surface area contributed by atoms with E-state index >= 15 is 0 Å². The summed E-state index contributed by atoms with van der Waals surface area (Å²) in [7, 11) is 0. The summed E-state index contributed by atoms with van der Waals surface area (Å²) in [6.07, 6.45) is 10.6. The Bertz CT molecular complexity index is 565. The van der Waals surface area contributed by atoms with Gasteiger partial charge in [0.05, 0.1) is 0 Å². The minimum atomic E-state index is -4.28. The molecule has 4 heteroatoms. The number of hydrogen-bond donors (Lipinski definition) is 0. The van der Waals surface area contributed by atoms with Crippen molar-refractivity contribution in [3.63, 3.8) is 0 Å². The maximum Gasteiger partial charge on any atom is 0.422 e. The summed E-state index contributed by atoms with van der Waals surface area (Å²) in [4.78, 5) is 0. The van der Waals surface area contributed by atoms with E-state index in [9.17, 15) is 13.2 Å². The molecule has 0 amide bonds. The first kappa shape index (κ1) is 21.5. The molecule has 0 aliphatic heterocycles. The van der Waals surface area contributed by atoms with Gasteiger partial charge in [-0.05, 0) is 79.9 Å². The molecule has 0 saturated heterocycles. The van der Waals surface area contributed by atoms with Crippen molar-refractivity contribution in [1.29, 1.82) is 0 Å². The minimum absolute atomic E-state index is 0.291. The number of ether oxygens (including phenoxy) is 1. The monoisotopic (exact) mass is 396 g/mol. The van der Waals surface area contributed by atoms with E-state index in [1.54, 1.807) is 12.1 Å². The van der Waals surface area contributed by atoms with Gasteiger partial charge in [0.1, 0.15) is 5.75 Å². The maximum atomic E-state index is 12.2. The zero-order chi connectivity index (χ0) is 20.0. The second-order valence-electron chi connectivity index (χ2n) is 9.06. The first-order valence-electron chi connectivity index (χ1n) is 11.2. The molecule has 0 radical (unpaired) electrons. The smallest absolute Gasteiger partial charge is 0.422 e. The quantitative estimate of drug-likeness (QED) is 0.461. The molecule has 2 aliphatic rings. The Balaban J connectivity index is 1.35. The van der Waals surface area contributed by atoms with Crippen LogP contribution in [-0.4, -0.2) is 12.8 Å². The van der Waals surface area contributed by atoms with Crippen molar-refractivity contribution < 1.29 is 17.9 Å². The molecule has 0 N–H and O–H groups in total. The second kappa shape index (κ2) is 10.0. The lowest BCUT2D eigenvalue weighted by Crippen LogP contribution is -2.25. The molecule has 0 heterocycles. The molecule has 0 bridgehead atoms. The van der Waals surface area contributed by atoms with Gasteiger partial charge in [-0.25, -0.2) is 0 Å². The van der Waals surface area contributed by atoms with Crippen LogP contribution in [0.5, 0.6) is 5.75 Å². The van der Waals surface area contributed by atoms with Gasteiger partial charge in [-0.15, -0.1) is 0 Å². The van der Waals surface area contributed by atoms with Crippen LogP contribution >= 0.6 is 0 Å². The highest BCUT2D eigenvalue weighted by molar-refractivity contribution is 5.27. The van der Waals surface area contributed by atoms with Crippen molar-refractivity contribution in [2.24, 2.45) is 23.7 Å². The summed E-state index contributed by atoms with van der Waals surface area (Å²) < 4.78 is 41.4. The normalized spacial score (nSPS) is 28.9. The van der Waals surface area contributed by atoms with Crippen LogP contribution in [0, 0.1) is 23.7 Å². The van der Waals surface area contributed by atoms with Crippen LogP contribution in [-0.2, 0) is 6.42 Å². The predicted octanol–water partition coefficient (Wildman–Crippen LogP) is 7.58. The molecular weight excluding hydrogens is 361 g/mol. The van der Waals surface area contributed by atoms with Gasteiger partial charge in [0.2, 0.25) is 0 Å². The fraction of sp³-hybridized carbons (Fsp3) is 0.750. The molecule has 1 aromatic rings. The summed E-state index contributed by atoms with van der Waals surface area (Å²) in [5.41, 5.74) is 1.19. The van der Waals surface area contributed by atoms with Crippen LogP contribution in [0.3, 0.4) is 0 Å². The molecule has 0 unspecified atom stereocenters. The Morgan fingerprint density at radius 1 is 0.821 bits per heavy atom. The van der Waals surface area contributed by atoms with Crippen molar-refractivity contribution in [3.05, 3.63) is 29.8 Å². The van der Waals surface area contributed by atoms with E-state index in [-0.39, 0.29) is 0 Å². The molecule has 2 aliphatic carbocycles. The average molecular weight is 397 g/mol. The summed E-state index contributed by atoms with van der Waals surface area (Å²) in [5, 5.41) is 0. The third-order valence-corrected chi connectivity index (χ3v) is 7.19. The van der Waals surface area contributed by atoms with E-state index in [0.717, 1.165) is 30.1 Å². The Morgan fingerprint density at radius 2 is 1.36 bits per heavy atom. The summed E-state index contributed by atoms with van der Waals surface area (Å²) in [6.45, 7) is 1.11. The van der Waals surface area contributed by atoms with Crippen molar-refractivity contribution in [2.45, 2.75) is 83.7 Å². The number of halogens is 3. The molecule has 2 fully saturated rings. The summed E-state index contributed by atoms with van der Waals surface area (Å²) in [6, 6.07) is 7.13. The van der Waals surface area contributed by atoms with Gasteiger partial charge < -0.3 is 4.74 Å². The molecule has 1 aromatic carbocycles. The molecular formula is C24H35F3O. The van der Waals surface area contributed by atoms with Gasteiger partial charge in [-0.2, -0.15) is 13.2 Å². The SMILES string of the molecule is CCC1CCC(C2CCC(CCc3ccc(OCC(F)(F)F)cc3)CC2)CC1. The number of aryl methyl sites for hydroxylation is 1. The lowest BCUT2D eigenvalue weighted by Gasteiger charge is -2.37. The van der Waals surface area contributed by atoms with Crippen molar-refractivity contribution in [1.82, 2.24) is 0 Å². The molecule has 3 rings (SSSR count). The van der Waals surface area contributed by atoms with Gasteiger partial charge in [0.25, 0.3) is 0 Å². The van der Waals surface area contributed by atoms with Crippen LogP contribution in [0.15, 0.2) is 24.3 Å². The lowest BCUT2D eigenvalue weighted by molar-refractivity contribution is -0.153. The van der Waals surface area contributed by atoms with Crippen LogP contribution in [0.2, 0.25) is 0 Å². The topological polar surface area (TPSA) is 9.23 Å². The first-order chi connectivity index (χ1) is 13.4. The molecule has 1 nitrogen and oxygen atoms in total. The molecule has 2 saturated carbocycles. The molecule has 28 heavy (non-hydrogen) atoms. The van der Waals surface area contributed by atoms with E-state index in [4.69, 9.17) is 4.74 Å². The van der Waals surface area contributed by atoms with Crippen molar-refractivity contribution in [2.75, 3.05) is 6.61 Å². The summed E-state index contributed by atoms with van der Waals surface area (Å²) in [5.74, 6) is 4.02. The third kappa shape index (κ3) is 6.70. The van der Waals surface area contributed by atoms with Crippen LogP contribution in [0.25, 0.3) is 0 Å². The highest BCUT2D eigenvalue weighted by Crippen LogP contribution is 2.42. The zero-order valence-corrected chi connectivity index (χ0v) is 17.1. The minimum Gasteiger partial charge on any atom is -0.484 e. The Hall–Kier alpha value is -1.19. The highest BCUT2D eigenvalue weighted by atomic mass is 19.4. The van der Waals surface area contributed by atoms with Crippen LogP contribution < -0.4 is 4.74 Å². The number of alkyl halides is 3. The predicted molar refractivity (Wildman–Crippen MR) is 108 cm³/mol. The largest absolute Gasteiger partial charge is 0.484 e. The Kier molecular flexibility index (Phi) is 7.70. The van der Waals surface area contributed by atoms with Crippen molar-refractivity contribution in [3.8, 4) is 5.75 Å². The maximum absolute atomic E-state index is 12.2. The molecule has 0 atom stereocenters. The average Bonchev–Trinajstić information content (AvgIpc) is 2.71. The number of benzene rings is 1. The summed E-state index contributed by atoms with van der Waals surface area (Å²) >= 11 is 0. The second-order valence-corrected chi connectivity index (χ2v) is 9.06. The van der Waals surface area contributed by atoms with E-state index in [1.807, 2.05) is 12.1 Å². The van der Waals surface area contributed by atoms with E-state index < -0.39 is 12.8 Å². The number of rotatable bonds is 7. The fourth-order valence-corrected chi connectivity index (χ4v) is 5.30. The molecule has 0 spiro atoms.